The van der Waals surface area contributed by atoms with E-state index in [1.807, 2.05) is 55.5 Å². The Morgan fingerprint density at radius 1 is 1.03 bits per heavy atom. The van der Waals surface area contributed by atoms with Gasteiger partial charge in [-0.25, -0.2) is 0 Å². The van der Waals surface area contributed by atoms with Crippen LogP contribution in [0.5, 0.6) is 5.75 Å². The maximum atomic E-state index is 12.6. The Kier molecular flexibility index (Phi) is 7.58. The summed E-state index contributed by atoms with van der Waals surface area (Å²) in [5.41, 5.74) is 1.43. The van der Waals surface area contributed by atoms with Crippen LogP contribution in [0.3, 0.4) is 0 Å². The van der Waals surface area contributed by atoms with E-state index in [1.165, 1.54) is 18.2 Å². The lowest BCUT2D eigenvalue weighted by atomic mass is 9.88. The van der Waals surface area contributed by atoms with Gasteiger partial charge in [-0.05, 0) is 50.1 Å². The summed E-state index contributed by atoms with van der Waals surface area (Å²) in [7, 11) is 1.58. The van der Waals surface area contributed by atoms with Gasteiger partial charge in [-0.3, -0.25) is 9.59 Å². The summed E-state index contributed by atoms with van der Waals surface area (Å²) in [6.07, 6.45) is 5.44. The van der Waals surface area contributed by atoms with Crippen molar-refractivity contribution >= 4 is 35.0 Å². The van der Waals surface area contributed by atoms with E-state index in [0.717, 1.165) is 36.3 Å². The average Bonchev–Trinajstić information content (AvgIpc) is 2.75. The fourth-order valence-corrected chi connectivity index (χ4v) is 4.42. The Balaban J connectivity index is 1.58. The summed E-state index contributed by atoms with van der Waals surface area (Å²) < 4.78 is 5.29. The Morgan fingerprint density at radius 2 is 1.79 bits per heavy atom. The lowest BCUT2D eigenvalue weighted by Gasteiger charge is -2.21. The summed E-state index contributed by atoms with van der Waals surface area (Å²) in [5, 5.41) is 5.66. The van der Waals surface area contributed by atoms with Crippen LogP contribution in [0.25, 0.3) is 0 Å². The van der Waals surface area contributed by atoms with Gasteiger partial charge in [0.2, 0.25) is 11.8 Å². The number of hydrogen-bond acceptors (Lipinski definition) is 4. The number of hydrogen-bond donors (Lipinski definition) is 2. The zero-order chi connectivity index (χ0) is 20.6. The van der Waals surface area contributed by atoms with Gasteiger partial charge in [0.1, 0.15) is 5.75 Å². The van der Waals surface area contributed by atoms with Crippen LogP contribution in [-0.4, -0.2) is 24.2 Å². The van der Waals surface area contributed by atoms with Crippen LogP contribution < -0.4 is 15.4 Å². The van der Waals surface area contributed by atoms with Crippen molar-refractivity contribution in [2.24, 2.45) is 5.92 Å². The molecule has 6 heteroatoms. The number of benzene rings is 2. The van der Waals surface area contributed by atoms with E-state index in [0.29, 0.717) is 11.4 Å². The van der Waals surface area contributed by atoms with Gasteiger partial charge in [0.25, 0.3) is 0 Å². The van der Waals surface area contributed by atoms with Crippen molar-refractivity contribution < 1.29 is 14.3 Å². The molecule has 2 N–H and O–H groups in total. The quantitative estimate of drug-likeness (QED) is 0.603. The molecule has 1 aliphatic carbocycles. The topological polar surface area (TPSA) is 67.4 Å². The molecule has 0 radical (unpaired) electrons. The van der Waals surface area contributed by atoms with Crippen molar-refractivity contribution in [1.82, 2.24) is 0 Å². The molecular weight excluding hydrogens is 384 g/mol. The van der Waals surface area contributed by atoms with Crippen molar-refractivity contribution in [2.75, 3.05) is 17.7 Å². The van der Waals surface area contributed by atoms with E-state index >= 15 is 0 Å². The number of para-hydroxylation sites is 2. The number of thioether (sulfide) groups is 1. The van der Waals surface area contributed by atoms with Gasteiger partial charge in [-0.1, -0.05) is 37.5 Å². The summed E-state index contributed by atoms with van der Waals surface area (Å²) in [6.45, 7) is 1.86. The van der Waals surface area contributed by atoms with Crippen LogP contribution >= 0.6 is 11.8 Å². The molecule has 0 aromatic heterocycles. The van der Waals surface area contributed by atoms with Crippen molar-refractivity contribution in [3.63, 3.8) is 0 Å². The molecular formula is C23H28N2O3S. The van der Waals surface area contributed by atoms with E-state index < -0.39 is 0 Å². The fourth-order valence-electron chi connectivity index (χ4n) is 3.50. The van der Waals surface area contributed by atoms with Crippen LogP contribution in [0.15, 0.2) is 53.4 Å². The number of carbonyl (C=O) groups excluding carboxylic acids is 2. The molecule has 29 heavy (non-hydrogen) atoms. The molecule has 5 nitrogen and oxygen atoms in total. The minimum Gasteiger partial charge on any atom is -0.495 e. The van der Waals surface area contributed by atoms with Crippen molar-refractivity contribution in [3.8, 4) is 5.75 Å². The van der Waals surface area contributed by atoms with Gasteiger partial charge in [0, 0.05) is 16.5 Å². The van der Waals surface area contributed by atoms with Crippen molar-refractivity contribution in [3.05, 3.63) is 48.5 Å². The Morgan fingerprint density at radius 3 is 2.55 bits per heavy atom. The molecule has 2 amide bonds. The number of anilines is 2. The number of nitrogens with one attached hydrogen (secondary N) is 2. The highest BCUT2D eigenvalue weighted by molar-refractivity contribution is 8.00. The van der Waals surface area contributed by atoms with E-state index in [9.17, 15) is 9.59 Å². The van der Waals surface area contributed by atoms with E-state index in [-0.39, 0.29) is 23.0 Å². The first-order valence-corrected chi connectivity index (χ1v) is 11.0. The minimum absolute atomic E-state index is 0.101. The van der Waals surface area contributed by atoms with Crippen LogP contribution in [-0.2, 0) is 9.59 Å². The average molecular weight is 413 g/mol. The molecule has 0 aliphatic heterocycles. The standard InChI is InChI=1S/C23H28N2O3S/c1-16(22(26)25-20-13-6-7-14-21(20)28-2)29-19-12-8-11-18(15-19)24-23(27)17-9-4-3-5-10-17/h6-8,11-17H,3-5,9-10H2,1-2H3,(H,24,27)(H,25,26). The normalized spacial score (nSPS) is 15.4. The summed E-state index contributed by atoms with van der Waals surface area (Å²) >= 11 is 1.46. The Bertz CT molecular complexity index is 850. The first-order chi connectivity index (χ1) is 14.1. The molecule has 3 rings (SSSR count). The van der Waals surface area contributed by atoms with Crippen LogP contribution in [0.2, 0.25) is 0 Å². The molecule has 154 valence electrons. The molecule has 1 aliphatic rings. The molecule has 0 saturated heterocycles. The SMILES string of the molecule is COc1ccccc1NC(=O)C(C)Sc1cccc(NC(=O)C2CCCCC2)c1. The monoisotopic (exact) mass is 412 g/mol. The zero-order valence-corrected chi connectivity index (χ0v) is 17.8. The minimum atomic E-state index is -0.302. The first-order valence-electron chi connectivity index (χ1n) is 10.1. The number of methoxy groups -OCH3 is 1. The molecule has 0 heterocycles. The highest BCUT2D eigenvalue weighted by Gasteiger charge is 2.21. The van der Waals surface area contributed by atoms with Gasteiger partial charge in [0.15, 0.2) is 0 Å². The largest absolute Gasteiger partial charge is 0.495 e. The molecule has 1 saturated carbocycles. The molecule has 2 aromatic carbocycles. The van der Waals surface area contributed by atoms with Gasteiger partial charge < -0.3 is 15.4 Å². The maximum Gasteiger partial charge on any atom is 0.237 e. The fraction of sp³-hybridized carbons (Fsp3) is 0.391. The second-order valence-corrected chi connectivity index (χ2v) is 8.72. The van der Waals surface area contributed by atoms with Gasteiger partial charge in [-0.2, -0.15) is 0 Å². The van der Waals surface area contributed by atoms with E-state index in [4.69, 9.17) is 4.74 Å². The number of amides is 2. The van der Waals surface area contributed by atoms with E-state index in [1.54, 1.807) is 7.11 Å². The van der Waals surface area contributed by atoms with Crippen molar-refractivity contribution in [1.29, 1.82) is 0 Å². The van der Waals surface area contributed by atoms with Crippen LogP contribution in [0.1, 0.15) is 39.0 Å². The third kappa shape index (κ3) is 6.00. The van der Waals surface area contributed by atoms with Gasteiger partial charge in [0.05, 0.1) is 18.0 Å². The third-order valence-electron chi connectivity index (χ3n) is 5.12. The Labute approximate surface area is 176 Å². The number of rotatable bonds is 7. The third-order valence-corrected chi connectivity index (χ3v) is 6.22. The summed E-state index contributed by atoms with van der Waals surface area (Å²) in [4.78, 5) is 26.0. The Hall–Kier alpha value is -2.47. The maximum absolute atomic E-state index is 12.6. The summed E-state index contributed by atoms with van der Waals surface area (Å²) in [6, 6.07) is 15.0. The number of ether oxygens (including phenoxy) is 1. The highest BCUT2D eigenvalue weighted by Crippen LogP contribution is 2.29. The molecule has 1 fully saturated rings. The smallest absolute Gasteiger partial charge is 0.237 e. The van der Waals surface area contributed by atoms with Crippen LogP contribution in [0.4, 0.5) is 11.4 Å². The van der Waals surface area contributed by atoms with Crippen LogP contribution in [0, 0.1) is 5.92 Å². The first kappa shape index (κ1) is 21.2. The number of carbonyl (C=O) groups is 2. The second-order valence-electron chi connectivity index (χ2n) is 7.30. The molecule has 0 spiro atoms. The lowest BCUT2D eigenvalue weighted by molar-refractivity contribution is -0.120. The predicted molar refractivity (Wildman–Crippen MR) is 119 cm³/mol. The summed E-state index contributed by atoms with van der Waals surface area (Å²) in [5.74, 6) is 0.751. The van der Waals surface area contributed by atoms with E-state index in [2.05, 4.69) is 10.6 Å². The van der Waals surface area contributed by atoms with Crippen molar-refractivity contribution in [2.45, 2.75) is 49.2 Å². The molecule has 1 atom stereocenters. The predicted octanol–water partition coefficient (Wildman–Crippen LogP) is 5.33. The molecule has 1 unspecified atom stereocenters. The van der Waals surface area contributed by atoms with Gasteiger partial charge >= 0.3 is 0 Å². The highest BCUT2D eigenvalue weighted by atomic mass is 32.2. The zero-order valence-electron chi connectivity index (χ0n) is 16.9. The van der Waals surface area contributed by atoms with Gasteiger partial charge in [-0.15, -0.1) is 11.8 Å². The molecule has 2 aromatic rings. The molecule has 0 bridgehead atoms. The lowest BCUT2D eigenvalue weighted by Crippen LogP contribution is -2.24. The second kappa shape index (κ2) is 10.3.